The van der Waals surface area contributed by atoms with Crippen LogP contribution in [-0.4, -0.2) is 23.7 Å². The highest BCUT2D eigenvalue weighted by molar-refractivity contribution is 6.18. The van der Waals surface area contributed by atoms with Crippen LogP contribution in [-0.2, 0) is 6.42 Å². The zero-order valence-corrected chi connectivity index (χ0v) is 12.0. The van der Waals surface area contributed by atoms with Crippen LogP contribution in [0, 0.1) is 5.92 Å². The van der Waals surface area contributed by atoms with Crippen molar-refractivity contribution in [3.63, 3.8) is 0 Å². The number of aliphatic hydroxyl groups is 1. The summed E-state index contributed by atoms with van der Waals surface area (Å²) in [4.78, 5) is 0. The summed E-state index contributed by atoms with van der Waals surface area (Å²) in [6.07, 6.45) is 2.37. The molecule has 0 fully saturated rings. The molecule has 1 N–H and O–H groups in total. The molecule has 0 saturated heterocycles. The Labute approximate surface area is 115 Å². The first-order valence-electron chi connectivity index (χ1n) is 6.65. The minimum Gasteiger partial charge on any atom is -0.493 e. The summed E-state index contributed by atoms with van der Waals surface area (Å²) in [6.45, 7) is 5.13. The van der Waals surface area contributed by atoms with E-state index < -0.39 is 6.10 Å². The third kappa shape index (κ3) is 5.28. The fourth-order valence-corrected chi connectivity index (χ4v) is 1.94. The van der Waals surface area contributed by atoms with Crippen molar-refractivity contribution >= 4 is 11.6 Å². The van der Waals surface area contributed by atoms with Gasteiger partial charge in [-0.2, -0.15) is 0 Å². The van der Waals surface area contributed by atoms with Gasteiger partial charge in [-0.3, -0.25) is 0 Å². The molecule has 18 heavy (non-hydrogen) atoms. The number of rotatable bonds is 8. The van der Waals surface area contributed by atoms with Gasteiger partial charge in [-0.25, -0.2) is 0 Å². The second-order valence-corrected chi connectivity index (χ2v) is 4.96. The summed E-state index contributed by atoms with van der Waals surface area (Å²) < 4.78 is 5.79. The first-order chi connectivity index (χ1) is 8.69. The van der Waals surface area contributed by atoms with E-state index in [0.29, 0.717) is 12.3 Å². The van der Waals surface area contributed by atoms with Crippen LogP contribution in [0.5, 0.6) is 5.75 Å². The summed E-state index contributed by atoms with van der Waals surface area (Å²) in [7, 11) is 0. The zero-order chi connectivity index (χ0) is 13.4. The Hall–Kier alpha value is -0.730. The molecule has 1 aromatic rings. The van der Waals surface area contributed by atoms with Gasteiger partial charge in [0.15, 0.2) is 0 Å². The Bertz CT molecular complexity index is 337. The Balaban J connectivity index is 2.53. The Morgan fingerprint density at radius 3 is 2.61 bits per heavy atom. The number of halogens is 1. The van der Waals surface area contributed by atoms with Gasteiger partial charge in [-0.05, 0) is 30.0 Å². The molecule has 0 aliphatic carbocycles. The summed E-state index contributed by atoms with van der Waals surface area (Å²) >= 11 is 5.60. The highest BCUT2D eigenvalue weighted by Gasteiger charge is 2.07. The molecule has 1 atom stereocenters. The van der Waals surface area contributed by atoms with E-state index in [-0.39, 0.29) is 5.88 Å². The van der Waals surface area contributed by atoms with Crippen molar-refractivity contribution in [2.45, 2.75) is 39.2 Å². The van der Waals surface area contributed by atoms with Gasteiger partial charge in [0.05, 0.1) is 12.7 Å². The molecule has 1 aromatic carbocycles. The molecule has 0 bridgehead atoms. The van der Waals surface area contributed by atoms with Crippen molar-refractivity contribution in [3.8, 4) is 5.75 Å². The van der Waals surface area contributed by atoms with Crippen LogP contribution in [0.3, 0.4) is 0 Å². The minimum absolute atomic E-state index is 0.263. The second kappa shape index (κ2) is 8.39. The Morgan fingerprint density at radius 1 is 1.28 bits per heavy atom. The van der Waals surface area contributed by atoms with Gasteiger partial charge in [-0.1, -0.05) is 38.8 Å². The lowest BCUT2D eigenvalue weighted by Gasteiger charge is -2.14. The van der Waals surface area contributed by atoms with Crippen molar-refractivity contribution in [1.29, 1.82) is 0 Å². The molecule has 102 valence electrons. The lowest BCUT2D eigenvalue weighted by molar-refractivity contribution is 0.198. The van der Waals surface area contributed by atoms with E-state index in [4.69, 9.17) is 16.3 Å². The maximum Gasteiger partial charge on any atom is 0.119 e. The molecular weight excluding hydrogens is 248 g/mol. The Kier molecular flexibility index (Phi) is 7.14. The first kappa shape index (κ1) is 15.3. The topological polar surface area (TPSA) is 29.5 Å². The molecule has 0 heterocycles. The lowest BCUT2D eigenvalue weighted by Crippen LogP contribution is -2.12. The summed E-state index contributed by atoms with van der Waals surface area (Å²) in [5, 5.41) is 9.52. The van der Waals surface area contributed by atoms with Gasteiger partial charge >= 0.3 is 0 Å². The highest BCUT2D eigenvalue weighted by Crippen LogP contribution is 2.17. The fraction of sp³-hybridized carbons (Fsp3) is 0.600. The molecule has 0 aromatic heterocycles. The normalized spacial score (nSPS) is 12.7. The third-order valence-corrected chi connectivity index (χ3v) is 3.54. The number of ether oxygens (including phenoxy) is 1. The van der Waals surface area contributed by atoms with Crippen molar-refractivity contribution < 1.29 is 9.84 Å². The summed E-state index contributed by atoms with van der Waals surface area (Å²) in [5.74, 6) is 1.75. The molecule has 0 saturated carbocycles. The number of hydrogen-bond donors (Lipinski definition) is 1. The van der Waals surface area contributed by atoms with Crippen LogP contribution in [0.2, 0.25) is 0 Å². The summed E-state index contributed by atoms with van der Waals surface area (Å²) in [5.41, 5.74) is 1.06. The van der Waals surface area contributed by atoms with Crippen LogP contribution in [0.25, 0.3) is 0 Å². The molecule has 0 aliphatic rings. The third-order valence-electron chi connectivity index (χ3n) is 3.19. The van der Waals surface area contributed by atoms with Crippen LogP contribution in [0.1, 0.15) is 32.3 Å². The van der Waals surface area contributed by atoms with Gasteiger partial charge in [0.25, 0.3) is 0 Å². The minimum atomic E-state index is -0.485. The van der Waals surface area contributed by atoms with Crippen LogP contribution >= 0.6 is 11.6 Å². The number of aliphatic hydroxyl groups excluding tert-OH is 1. The second-order valence-electron chi connectivity index (χ2n) is 4.65. The van der Waals surface area contributed by atoms with E-state index in [1.807, 2.05) is 24.3 Å². The largest absolute Gasteiger partial charge is 0.493 e. The molecule has 0 amide bonds. The number of hydrogen-bond acceptors (Lipinski definition) is 2. The van der Waals surface area contributed by atoms with Crippen molar-refractivity contribution in [1.82, 2.24) is 0 Å². The molecule has 0 spiro atoms. The Morgan fingerprint density at radius 2 is 2.00 bits per heavy atom. The standard InChI is InChI=1S/C15H23ClO2/c1-3-12(4-2)11-18-15-7-5-6-13(9-15)8-14(17)10-16/h5-7,9,12,14,17H,3-4,8,10-11H2,1-2H3/t14-/m0/s1. The molecule has 3 heteroatoms. The van der Waals surface area contributed by atoms with Gasteiger partial charge in [0, 0.05) is 5.88 Å². The van der Waals surface area contributed by atoms with Crippen LogP contribution in [0.15, 0.2) is 24.3 Å². The van der Waals surface area contributed by atoms with Gasteiger partial charge in [-0.15, -0.1) is 11.6 Å². The van der Waals surface area contributed by atoms with E-state index in [1.54, 1.807) is 0 Å². The molecular formula is C15H23ClO2. The molecule has 0 unspecified atom stereocenters. The van der Waals surface area contributed by atoms with E-state index in [1.165, 1.54) is 0 Å². The van der Waals surface area contributed by atoms with E-state index in [2.05, 4.69) is 13.8 Å². The van der Waals surface area contributed by atoms with Crippen molar-refractivity contribution in [2.75, 3.05) is 12.5 Å². The van der Waals surface area contributed by atoms with Gasteiger partial charge < -0.3 is 9.84 Å². The van der Waals surface area contributed by atoms with Crippen LogP contribution in [0.4, 0.5) is 0 Å². The van der Waals surface area contributed by atoms with Gasteiger partial charge in [0.2, 0.25) is 0 Å². The predicted octanol–water partition coefficient (Wildman–Crippen LogP) is 3.64. The number of alkyl halides is 1. The van der Waals surface area contributed by atoms with Gasteiger partial charge in [0.1, 0.15) is 5.75 Å². The van der Waals surface area contributed by atoms with Crippen molar-refractivity contribution in [2.24, 2.45) is 5.92 Å². The average Bonchev–Trinajstić information content (AvgIpc) is 2.40. The molecule has 0 radical (unpaired) electrons. The molecule has 2 nitrogen and oxygen atoms in total. The molecule has 1 rings (SSSR count). The highest BCUT2D eigenvalue weighted by atomic mass is 35.5. The number of benzene rings is 1. The molecule has 0 aliphatic heterocycles. The smallest absolute Gasteiger partial charge is 0.119 e. The predicted molar refractivity (Wildman–Crippen MR) is 76.4 cm³/mol. The first-order valence-corrected chi connectivity index (χ1v) is 7.18. The lowest BCUT2D eigenvalue weighted by atomic mass is 10.1. The average molecular weight is 271 g/mol. The van der Waals surface area contributed by atoms with E-state index in [9.17, 15) is 5.11 Å². The van der Waals surface area contributed by atoms with Crippen molar-refractivity contribution in [3.05, 3.63) is 29.8 Å². The summed E-state index contributed by atoms with van der Waals surface area (Å²) in [6, 6.07) is 7.88. The SMILES string of the molecule is CCC(CC)COc1cccc(C[C@H](O)CCl)c1. The zero-order valence-electron chi connectivity index (χ0n) is 11.2. The van der Waals surface area contributed by atoms with E-state index in [0.717, 1.165) is 30.8 Å². The quantitative estimate of drug-likeness (QED) is 0.731. The van der Waals surface area contributed by atoms with E-state index >= 15 is 0 Å². The van der Waals surface area contributed by atoms with Crippen LogP contribution < -0.4 is 4.74 Å². The fourth-order valence-electron chi connectivity index (χ4n) is 1.83. The maximum atomic E-state index is 9.52. The maximum absolute atomic E-state index is 9.52. The monoisotopic (exact) mass is 270 g/mol.